The van der Waals surface area contributed by atoms with Gasteiger partial charge < -0.3 is 46.2 Å². The lowest BCUT2D eigenvalue weighted by molar-refractivity contribution is -0.129. The van der Waals surface area contributed by atoms with Crippen molar-refractivity contribution in [3.8, 4) is 0 Å². The number of nitrogens with one attached hydrogen (secondary N) is 6. The van der Waals surface area contributed by atoms with Crippen molar-refractivity contribution in [1.29, 1.82) is 0 Å². The number of piperidine rings is 1. The van der Waals surface area contributed by atoms with Crippen LogP contribution >= 0.6 is 0 Å². The Kier molecular flexibility index (Phi) is 14.2. The Morgan fingerprint density at radius 3 is 2.27 bits per heavy atom. The number of nitrogens with two attached hydrogens (primary N) is 1. The molecule has 2 unspecified atom stereocenters. The molecule has 0 saturated carbocycles. The number of alkyl carbamates (subject to hydrolysis) is 1. The molecule has 55 heavy (non-hydrogen) atoms. The molecule has 1 aliphatic heterocycles. The molecular formula is C39H45N7O9. The van der Waals surface area contributed by atoms with Gasteiger partial charge in [0.05, 0.1) is 0 Å². The number of aryl methyl sites for hydroxylation is 1. The maximum Gasteiger partial charge on any atom is 0.411 e. The number of rotatable bonds is 15. The largest absolute Gasteiger partial charge is 0.445 e. The predicted molar refractivity (Wildman–Crippen MR) is 204 cm³/mol. The summed E-state index contributed by atoms with van der Waals surface area (Å²) in [5.74, 6) is -1.33. The van der Waals surface area contributed by atoms with Gasteiger partial charge >= 0.3 is 23.8 Å². The van der Waals surface area contributed by atoms with E-state index in [1.807, 2.05) is 30.3 Å². The summed E-state index contributed by atoms with van der Waals surface area (Å²) in [6.45, 7) is 3.18. The van der Waals surface area contributed by atoms with Gasteiger partial charge in [-0.3, -0.25) is 14.9 Å². The summed E-state index contributed by atoms with van der Waals surface area (Å²) in [6, 6.07) is 19.3. The molecule has 0 aliphatic carbocycles. The first-order valence-electron chi connectivity index (χ1n) is 17.9. The first-order chi connectivity index (χ1) is 26.5. The van der Waals surface area contributed by atoms with E-state index >= 15 is 0 Å². The highest BCUT2D eigenvalue weighted by molar-refractivity contribution is 5.98. The van der Waals surface area contributed by atoms with Gasteiger partial charge in [0.2, 0.25) is 11.8 Å². The van der Waals surface area contributed by atoms with E-state index in [1.165, 1.54) is 12.1 Å². The van der Waals surface area contributed by atoms with Crippen LogP contribution in [0.15, 0.2) is 88.1 Å². The molecule has 290 valence electrons. The Bertz CT molecular complexity index is 2020. The number of carbonyl (C=O) groups is 5. The van der Waals surface area contributed by atoms with Crippen LogP contribution in [0.4, 0.5) is 25.8 Å². The molecule has 16 nitrogen and oxygen atoms in total. The molecule has 8 N–H and O–H groups in total. The number of amides is 6. The van der Waals surface area contributed by atoms with E-state index in [-0.39, 0.29) is 32.1 Å². The predicted octanol–water partition coefficient (Wildman–Crippen LogP) is 4.02. The zero-order chi connectivity index (χ0) is 39.2. The molecule has 4 aromatic rings. The molecule has 3 aromatic carbocycles. The topological polar surface area (TPSA) is 232 Å². The fraction of sp³-hybridized carbons (Fsp3) is 0.333. The first-order valence-corrected chi connectivity index (χ1v) is 17.9. The lowest BCUT2D eigenvalue weighted by Gasteiger charge is -2.31. The third-order valence-electron chi connectivity index (χ3n) is 8.97. The van der Waals surface area contributed by atoms with Gasteiger partial charge in [-0.1, -0.05) is 42.5 Å². The zero-order valence-electron chi connectivity index (χ0n) is 30.4. The molecule has 16 heteroatoms. The average molecular weight is 756 g/mol. The van der Waals surface area contributed by atoms with Gasteiger partial charge in [-0.25, -0.2) is 19.2 Å². The summed E-state index contributed by atoms with van der Waals surface area (Å²) in [5, 5.41) is 17.4. The van der Waals surface area contributed by atoms with Crippen LogP contribution in [0, 0.1) is 12.8 Å². The van der Waals surface area contributed by atoms with Crippen molar-refractivity contribution in [1.82, 2.24) is 21.3 Å². The third-order valence-corrected chi connectivity index (χ3v) is 8.97. The molecule has 5 rings (SSSR count). The molecule has 1 fully saturated rings. The number of carbonyl (C=O) groups excluding carboxylic acids is 5. The molecule has 0 radical (unpaired) electrons. The van der Waals surface area contributed by atoms with E-state index in [9.17, 15) is 28.8 Å². The lowest BCUT2D eigenvalue weighted by atomic mass is 9.91. The van der Waals surface area contributed by atoms with Crippen LogP contribution in [0.1, 0.15) is 42.4 Å². The van der Waals surface area contributed by atoms with E-state index in [2.05, 4.69) is 31.9 Å². The van der Waals surface area contributed by atoms with E-state index in [1.54, 1.807) is 43.3 Å². The van der Waals surface area contributed by atoms with Crippen LogP contribution in [0.25, 0.3) is 11.0 Å². The van der Waals surface area contributed by atoms with Gasteiger partial charge in [-0.05, 0) is 80.1 Å². The second-order valence-corrected chi connectivity index (χ2v) is 13.1. The van der Waals surface area contributed by atoms with Gasteiger partial charge in [-0.2, -0.15) is 0 Å². The quantitative estimate of drug-likeness (QED) is 0.0680. The number of ether oxygens (including phenoxy) is 2. The number of urea groups is 1. The Balaban J connectivity index is 1.18. The molecule has 2 heterocycles. The second-order valence-electron chi connectivity index (χ2n) is 13.1. The maximum absolute atomic E-state index is 13.8. The minimum Gasteiger partial charge on any atom is -0.445 e. The van der Waals surface area contributed by atoms with Crippen LogP contribution in [-0.4, -0.2) is 61.7 Å². The van der Waals surface area contributed by atoms with Gasteiger partial charge in [0.1, 0.15) is 30.9 Å². The molecule has 6 amide bonds. The minimum atomic E-state index is -1.04. The highest BCUT2D eigenvalue weighted by atomic mass is 16.6. The molecule has 0 spiro atoms. The van der Waals surface area contributed by atoms with Crippen molar-refractivity contribution in [3.05, 3.63) is 106 Å². The van der Waals surface area contributed by atoms with Crippen molar-refractivity contribution in [2.24, 2.45) is 11.7 Å². The second kappa shape index (κ2) is 19.6. The Morgan fingerprint density at radius 1 is 0.855 bits per heavy atom. The lowest BCUT2D eigenvalue weighted by Crippen LogP contribution is -2.57. The first kappa shape index (κ1) is 39.8. The SMILES string of the molecule is Cc1cc(=O)oc2cc(NC(=O)OCc3ccc(NC(=O)[C@H](CCCNC(N)=O)NC(=O)C(NC(=O)OCc4ccccc4)C4CCCNC4)cc3)ccc12. The van der Waals surface area contributed by atoms with Gasteiger partial charge in [0.15, 0.2) is 0 Å². The number of anilines is 2. The van der Waals surface area contributed by atoms with Crippen molar-refractivity contribution in [3.63, 3.8) is 0 Å². The van der Waals surface area contributed by atoms with Gasteiger partial charge in [-0.15, -0.1) is 0 Å². The van der Waals surface area contributed by atoms with Crippen molar-refractivity contribution < 1.29 is 37.9 Å². The number of hydrogen-bond acceptors (Lipinski definition) is 10. The van der Waals surface area contributed by atoms with Crippen LogP contribution in [0.3, 0.4) is 0 Å². The molecule has 1 aliphatic rings. The molecular weight excluding hydrogens is 710 g/mol. The van der Waals surface area contributed by atoms with Crippen molar-refractivity contribution in [2.45, 2.75) is 57.9 Å². The summed E-state index contributed by atoms with van der Waals surface area (Å²) in [7, 11) is 0. The minimum absolute atomic E-state index is 0.0207. The maximum atomic E-state index is 13.8. The molecule has 0 bridgehead atoms. The molecule has 1 aromatic heterocycles. The zero-order valence-corrected chi connectivity index (χ0v) is 30.4. The molecule has 3 atom stereocenters. The Morgan fingerprint density at radius 2 is 1.56 bits per heavy atom. The monoisotopic (exact) mass is 755 g/mol. The van der Waals surface area contributed by atoms with Crippen LogP contribution in [-0.2, 0) is 32.3 Å². The summed E-state index contributed by atoms with van der Waals surface area (Å²) in [6.07, 6.45) is 0.447. The Hall–Kier alpha value is -6.42. The molecule has 1 saturated heterocycles. The average Bonchev–Trinajstić information content (AvgIpc) is 3.17. The van der Waals surface area contributed by atoms with Gasteiger partial charge in [0, 0.05) is 47.9 Å². The van der Waals surface area contributed by atoms with Crippen molar-refractivity contribution >= 4 is 52.4 Å². The third kappa shape index (κ3) is 12.3. The summed E-state index contributed by atoms with van der Waals surface area (Å²) >= 11 is 0. The van der Waals surface area contributed by atoms with Crippen LogP contribution in [0.2, 0.25) is 0 Å². The number of primary amides is 1. The fourth-order valence-electron chi connectivity index (χ4n) is 6.12. The van der Waals surface area contributed by atoms with E-state index < -0.39 is 47.7 Å². The van der Waals surface area contributed by atoms with Gasteiger partial charge in [0.25, 0.3) is 0 Å². The number of fused-ring (bicyclic) bond motifs is 1. The highest BCUT2D eigenvalue weighted by Crippen LogP contribution is 2.21. The van der Waals surface area contributed by atoms with E-state index in [0.29, 0.717) is 41.9 Å². The summed E-state index contributed by atoms with van der Waals surface area (Å²) in [5.41, 5.74) is 8.01. The van der Waals surface area contributed by atoms with Crippen LogP contribution in [0.5, 0.6) is 0 Å². The Labute approximate surface area is 316 Å². The normalized spacial score (nSPS) is 14.8. The van der Waals surface area contributed by atoms with E-state index in [4.69, 9.17) is 19.6 Å². The smallest absolute Gasteiger partial charge is 0.411 e. The summed E-state index contributed by atoms with van der Waals surface area (Å²) < 4.78 is 16.0. The van der Waals surface area contributed by atoms with E-state index in [0.717, 1.165) is 29.5 Å². The number of hydrogen-bond donors (Lipinski definition) is 7. The summed E-state index contributed by atoms with van der Waals surface area (Å²) in [4.78, 5) is 75.7. The number of benzene rings is 3. The highest BCUT2D eigenvalue weighted by Gasteiger charge is 2.34. The standard InChI is InChI=1S/C39H45N7O9/c1-24-19-33(47)55-32-20-29(15-16-30(24)32)44-38(51)53-23-26-11-13-28(14-12-26)43-35(48)31(10-6-18-42-37(40)50)45-36(49)34(27-9-5-17-41-21-27)46-39(52)54-22-25-7-3-2-4-8-25/h2-4,7-8,11-16,19-20,27,31,34,41H,5-6,9-10,17-18,21-23H2,1H3,(H,43,48)(H,44,51)(H,45,49)(H,46,52)(H3,40,42,50)/t27?,31-,34?/m0/s1. The van der Waals surface area contributed by atoms with Crippen molar-refractivity contribution in [2.75, 3.05) is 30.3 Å². The fourth-order valence-corrected chi connectivity index (χ4v) is 6.12. The van der Waals surface area contributed by atoms with Crippen LogP contribution < -0.4 is 43.3 Å².